The predicted octanol–water partition coefficient (Wildman–Crippen LogP) is 1.77. The zero-order valence-electron chi connectivity index (χ0n) is 8.19. The van der Waals surface area contributed by atoms with E-state index < -0.39 is 4.92 Å². The highest BCUT2D eigenvalue weighted by molar-refractivity contribution is 5.38. The quantitative estimate of drug-likeness (QED) is 0.538. The summed E-state index contributed by atoms with van der Waals surface area (Å²) in [6.07, 6.45) is 4.46. The maximum absolute atomic E-state index is 10.5. The van der Waals surface area contributed by atoms with Crippen LogP contribution < -0.4 is 5.73 Å². The number of rotatable bonds is 2. The lowest BCUT2D eigenvalue weighted by molar-refractivity contribution is -0.419. The van der Waals surface area contributed by atoms with Crippen LogP contribution in [0.25, 0.3) is 0 Å². The third-order valence-corrected chi connectivity index (χ3v) is 2.27. The van der Waals surface area contributed by atoms with Gasteiger partial charge in [-0.1, -0.05) is 12.2 Å². The zero-order chi connectivity index (χ0) is 10.7. The van der Waals surface area contributed by atoms with Crippen LogP contribution in [0.1, 0.15) is 19.8 Å². The Morgan fingerprint density at radius 1 is 1.71 bits per heavy atom. The highest BCUT2D eigenvalue weighted by Crippen LogP contribution is 2.29. The first-order valence-electron chi connectivity index (χ1n) is 4.49. The molecule has 1 aliphatic carbocycles. The lowest BCUT2D eigenvalue weighted by atomic mass is 10.1. The van der Waals surface area contributed by atoms with Gasteiger partial charge in [-0.15, -0.1) is 0 Å². The van der Waals surface area contributed by atoms with Crippen LogP contribution in [0.2, 0.25) is 0 Å². The molecule has 0 aromatic heterocycles. The van der Waals surface area contributed by atoms with Gasteiger partial charge in [-0.2, -0.15) is 0 Å². The fraction of sp³-hybridized carbons (Fsp3) is 0.400. The van der Waals surface area contributed by atoms with Crippen molar-refractivity contribution in [3.05, 3.63) is 45.7 Å². The van der Waals surface area contributed by atoms with Crippen molar-refractivity contribution in [1.29, 1.82) is 0 Å². The topological polar surface area (TPSA) is 69.2 Å². The smallest absolute Gasteiger partial charge is 0.265 e. The number of allylic oxidation sites excluding steroid dienone is 2. The lowest BCUT2D eigenvalue weighted by Crippen LogP contribution is -2.13. The Balaban J connectivity index is 2.88. The van der Waals surface area contributed by atoms with Gasteiger partial charge in [0.25, 0.3) is 5.70 Å². The van der Waals surface area contributed by atoms with Gasteiger partial charge in [0.2, 0.25) is 0 Å². The Morgan fingerprint density at radius 3 is 2.71 bits per heavy atom. The number of hydrogen-bond acceptors (Lipinski definition) is 3. The summed E-state index contributed by atoms with van der Waals surface area (Å²) in [6, 6.07) is 0.0682. The summed E-state index contributed by atoms with van der Waals surface area (Å²) in [5.74, 6) is 0. The van der Waals surface area contributed by atoms with Crippen molar-refractivity contribution in [2.24, 2.45) is 5.73 Å². The number of nitro groups is 1. The zero-order valence-corrected chi connectivity index (χ0v) is 8.19. The third kappa shape index (κ3) is 2.29. The van der Waals surface area contributed by atoms with E-state index in [4.69, 9.17) is 5.73 Å². The lowest BCUT2D eigenvalue weighted by Gasteiger charge is -1.96. The molecule has 0 saturated heterocycles. The molecule has 0 heterocycles. The van der Waals surface area contributed by atoms with E-state index in [0.717, 1.165) is 17.6 Å². The minimum atomic E-state index is -0.399. The Bertz CT molecular complexity index is 329. The van der Waals surface area contributed by atoms with Gasteiger partial charge in [-0.3, -0.25) is 10.1 Å². The van der Waals surface area contributed by atoms with E-state index in [9.17, 15) is 10.1 Å². The van der Waals surface area contributed by atoms with Crippen LogP contribution in [0, 0.1) is 10.1 Å². The summed E-state index contributed by atoms with van der Waals surface area (Å²) in [6.45, 7) is 5.48. The van der Waals surface area contributed by atoms with Gasteiger partial charge < -0.3 is 5.73 Å². The first-order valence-corrected chi connectivity index (χ1v) is 4.49. The molecule has 0 aliphatic heterocycles. The predicted molar refractivity (Wildman–Crippen MR) is 55.2 cm³/mol. The van der Waals surface area contributed by atoms with Crippen molar-refractivity contribution in [2.45, 2.75) is 25.8 Å². The van der Waals surface area contributed by atoms with Crippen molar-refractivity contribution in [3.8, 4) is 0 Å². The van der Waals surface area contributed by atoms with Crippen LogP contribution >= 0.6 is 0 Å². The Morgan fingerprint density at radius 2 is 2.36 bits per heavy atom. The maximum Gasteiger partial charge on any atom is 0.265 e. The van der Waals surface area contributed by atoms with Crippen LogP contribution in [-0.2, 0) is 0 Å². The van der Waals surface area contributed by atoms with Gasteiger partial charge in [0.15, 0.2) is 0 Å². The van der Waals surface area contributed by atoms with Gasteiger partial charge in [0.05, 0.1) is 4.92 Å². The van der Waals surface area contributed by atoms with Crippen LogP contribution in [0.3, 0.4) is 0 Å². The van der Waals surface area contributed by atoms with E-state index in [1.54, 1.807) is 13.0 Å². The maximum atomic E-state index is 10.5. The molecule has 0 aromatic carbocycles. The molecule has 1 aliphatic rings. The molecule has 1 rings (SSSR count). The highest BCUT2D eigenvalue weighted by Gasteiger charge is 2.21. The summed E-state index contributed by atoms with van der Waals surface area (Å²) < 4.78 is 0. The van der Waals surface area contributed by atoms with Crippen molar-refractivity contribution in [2.75, 3.05) is 0 Å². The molecule has 14 heavy (non-hydrogen) atoms. The molecule has 1 unspecified atom stereocenters. The van der Waals surface area contributed by atoms with E-state index in [-0.39, 0.29) is 11.7 Å². The molecule has 1 fully saturated rings. The minimum absolute atomic E-state index is 0.0682. The molecule has 0 spiro atoms. The Labute approximate surface area is 82.9 Å². The molecule has 76 valence electrons. The van der Waals surface area contributed by atoms with Crippen molar-refractivity contribution in [1.82, 2.24) is 0 Å². The third-order valence-electron chi connectivity index (χ3n) is 2.27. The van der Waals surface area contributed by atoms with Crippen LogP contribution in [0.5, 0.6) is 0 Å². The Hall–Kier alpha value is -1.42. The number of nitrogens with two attached hydrogens (primary N) is 1. The summed E-state index contributed by atoms with van der Waals surface area (Å²) >= 11 is 0. The van der Waals surface area contributed by atoms with Gasteiger partial charge in [0.1, 0.15) is 0 Å². The summed E-state index contributed by atoms with van der Waals surface area (Å²) in [5, 5.41) is 10.5. The molecule has 2 N–H and O–H groups in total. The molecule has 4 heteroatoms. The summed E-state index contributed by atoms with van der Waals surface area (Å²) in [7, 11) is 0. The summed E-state index contributed by atoms with van der Waals surface area (Å²) in [4.78, 5) is 10.1. The molecule has 0 amide bonds. The van der Waals surface area contributed by atoms with Crippen LogP contribution in [0.15, 0.2) is 35.6 Å². The van der Waals surface area contributed by atoms with Crippen LogP contribution in [0.4, 0.5) is 0 Å². The molecule has 0 bridgehead atoms. The van der Waals surface area contributed by atoms with Gasteiger partial charge >= 0.3 is 0 Å². The normalized spacial score (nSPS) is 25.9. The minimum Gasteiger partial charge on any atom is -0.327 e. The number of nitrogens with zero attached hydrogens (tertiary/aromatic N) is 1. The largest absolute Gasteiger partial charge is 0.327 e. The van der Waals surface area contributed by atoms with Crippen molar-refractivity contribution in [3.63, 3.8) is 0 Å². The second-order valence-corrected chi connectivity index (χ2v) is 3.41. The molecule has 0 aromatic rings. The van der Waals surface area contributed by atoms with Crippen molar-refractivity contribution >= 4 is 0 Å². The second kappa shape index (κ2) is 4.19. The number of hydrogen-bond donors (Lipinski definition) is 1. The fourth-order valence-electron chi connectivity index (χ4n) is 1.53. The monoisotopic (exact) mass is 194 g/mol. The molecular formula is C10H14N2O2. The van der Waals surface area contributed by atoms with Crippen molar-refractivity contribution < 1.29 is 4.92 Å². The molecule has 1 atom stereocenters. The summed E-state index contributed by atoms with van der Waals surface area (Å²) in [5.41, 5.74) is 7.64. The van der Waals surface area contributed by atoms with E-state index in [2.05, 4.69) is 6.58 Å². The van der Waals surface area contributed by atoms with Gasteiger partial charge in [0, 0.05) is 12.1 Å². The average molecular weight is 194 g/mol. The first-order chi connectivity index (χ1) is 6.54. The van der Waals surface area contributed by atoms with Gasteiger partial charge in [-0.25, -0.2) is 0 Å². The fourth-order valence-corrected chi connectivity index (χ4v) is 1.53. The average Bonchev–Trinajstić information content (AvgIpc) is 2.40. The SMILES string of the molecule is C=C1CC(N)C/C1=C/C(=C\C)[N+](=O)[O-]. The molecule has 4 nitrogen and oxygen atoms in total. The molecular weight excluding hydrogens is 180 g/mol. The van der Waals surface area contributed by atoms with Crippen LogP contribution in [-0.4, -0.2) is 11.0 Å². The van der Waals surface area contributed by atoms with E-state index in [0.29, 0.717) is 6.42 Å². The van der Waals surface area contributed by atoms with E-state index in [1.807, 2.05) is 0 Å². The Kier molecular flexibility index (Phi) is 3.19. The highest BCUT2D eigenvalue weighted by atomic mass is 16.6. The van der Waals surface area contributed by atoms with E-state index in [1.165, 1.54) is 6.08 Å². The second-order valence-electron chi connectivity index (χ2n) is 3.41. The first kappa shape index (κ1) is 10.7. The molecule has 0 radical (unpaired) electrons. The van der Waals surface area contributed by atoms with E-state index >= 15 is 0 Å². The van der Waals surface area contributed by atoms with Gasteiger partial charge in [-0.05, 0) is 31.4 Å². The molecule has 1 saturated carbocycles. The standard InChI is InChI=1S/C10H14N2O2/c1-3-10(12(13)14)6-8-5-9(11)4-7(8)2/h3,6,9H,2,4-5,11H2,1H3/b8-6-,10-3+.